The van der Waals surface area contributed by atoms with Gasteiger partial charge in [0.05, 0.1) is 6.04 Å². The number of nitrogens with one attached hydrogen (secondary N) is 1. The van der Waals surface area contributed by atoms with Gasteiger partial charge in [-0.25, -0.2) is 0 Å². The predicted molar refractivity (Wildman–Crippen MR) is 111 cm³/mol. The summed E-state index contributed by atoms with van der Waals surface area (Å²) < 4.78 is 5.90. The normalized spacial score (nSPS) is 13.2. The highest BCUT2D eigenvalue weighted by atomic mass is 16.5. The highest BCUT2D eigenvalue weighted by Gasteiger charge is 2.20. The molecular weight excluding hydrogens is 334 g/mol. The lowest BCUT2D eigenvalue weighted by Gasteiger charge is -2.22. The monoisotopic (exact) mass is 361 g/mol. The molecule has 1 amide bonds. The maximum Gasteiger partial charge on any atom is 0.261 e. The first-order chi connectivity index (χ1) is 13.0. The molecule has 0 fully saturated rings. The van der Waals surface area contributed by atoms with Crippen molar-refractivity contribution in [1.29, 1.82) is 0 Å². The van der Waals surface area contributed by atoms with Crippen molar-refractivity contribution < 1.29 is 9.53 Å². The van der Waals surface area contributed by atoms with Crippen LogP contribution in [0.4, 0.5) is 0 Å². The Morgan fingerprint density at radius 2 is 1.74 bits per heavy atom. The topological polar surface area (TPSA) is 38.3 Å². The Morgan fingerprint density at radius 3 is 2.44 bits per heavy atom. The quantitative estimate of drug-likeness (QED) is 0.630. The molecule has 0 saturated carbocycles. The van der Waals surface area contributed by atoms with Gasteiger partial charge in [-0.05, 0) is 61.2 Å². The van der Waals surface area contributed by atoms with E-state index in [1.165, 1.54) is 11.1 Å². The van der Waals surface area contributed by atoms with Crippen LogP contribution in [0.25, 0.3) is 10.8 Å². The van der Waals surface area contributed by atoms with Gasteiger partial charge in [0, 0.05) is 0 Å². The average Bonchev–Trinajstić information content (AvgIpc) is 2.66. The molecular formula is C24H27NO2. The molecule has 0 aromatic heterocycles. The molecule has 27 heavy (non-hydrogen) atoms. The minimum Gasteiger partial charge on any atom is -0.481 e. The summed E-state index contributed by atoms with van der Waals surface area (Å²) in [5, 5.41) is 5.39. The molecule has 0 heterocycles. The first-order valence-electron chi connectivity index (χ1n) is 9.51. The molecule has 2 unspecified atom stereocenters. The molecule has 0 aliphatic heterocycles. The number of aryl methyl sites for hydroxylation is 2. The molecule has 0 saturated heterocycles. The number of carbonyl (C=O) groups is 1. The van der Waals surface area contributed by atoms with Crippen molar-refractivity contribution in [3.8, 4) is 5.75 Å². The molecule has 3 nitrogen and oxygen atoms in total. The fourth-order valence-electron chi connectivity index (χ4n) is 3.40. The standard InChI is InChI=1S/C24H27NO2/c1-5-23(22-13-10-16(2)14-17(22)3)25-24(26)18(4)27-21-12-11-19-8-6-7-9-20(19)15-21/h6-15,18,23H,5H2,1-4H3,(H,25,26). The Balaban J connectivity index is 1.69. The third kappa shape index (κ3) is 4.48. The van der Waals surface area contributed by atoms with E-state index in [2.05, 4.69) is 50.4 Å². The number of carbonyl (C=O) groups excluding carboxylic acids is 1. The highest BCUT2D eigenvalue weighted by Crippen LogP contribution is 2.23. The lowest BCUT2D eigenvalue weighted by atomic mass is 9.97. The van der Waals surface area contributed by atoms with E-state index < -0.39 is 6.10 Å². The van der Waals surface area contributed by atoms with Gasteiger partial charge in [0.1, 0.15) is 5.75 Å². The molecule has 3 aromatic rings. The van der Waals surface area contributed by atoms with Gasteiger partial charge in [0.2, 0.25) is 0 Å². The molecule has 3 heteroatoms. The number of rotatable bonds is 6. The Morgan fingerprint density at radius 1 is 1.00 bits per heavy atom. The molecule has 0 bridgehead atoms. The zero-order chi connectivity index (χ0) is 19.4. The van der Waals surface area contributed by atoms with Crippen LogP contribution >= 0.6 is 0 Å². The second kappa shape index (κ2) is 8.26. The Labute approximate surface area is 161 Å². The van der Waals surface area contributed by atoms with Crippen molar-refractivity contribution in [3.05, 3.63) is 77.4 Å². The Kier molecular flexibility index (Phi) is 5.80. The Bertz CT molecular complexity index is 948. The fraction of sp³-hybridized carbons (Fsp3) is 0.292. The van der Waals surface area contributed by atoms with Crippen molar-refractivity contribution in [1.82, 2.24) is 5.32 Å². The van der Waals surface area contributed by atoms with Crippen LogP contribution in [0.5, 0.6) is 5.75 Å². The largest absolute Gasteiger partial charge is 0.481 e. The van der Waals surface area contributed by atoms with Gasteiger partial charge in [-0.3, -0.25) is 4.79 Å². The van der Waals surface area contributed by atoms with Crippen molar-refractivity contribution in [2.45, 2.75) is 46.3 Å². The first kappa shape index (κ1) is 19.0. The number of benzene rings is 3. The molecule has 1 N–H and O–H groups in total. The maximum atomic E-state index is 12.7. The van der Waals surface area contributed by atoms with Crippen molar-refractivity contribution in [2.24, 2.45) is 0 Å². The minimum atomic E-state index is -0.564. The van der Waals surface area contributed by atoms with E-state index in [0.29, 0.717) is 5.75 Å². The predicted octanol–water partition coefficient (Wildman–Crippen LogP) is 5.49. The summed E-state index contributed by atoms with van der Waals surface area (Å²) in [4.78, 5) is 12.7. The summed E-state index contributed by atoms with van der Waals surface area (Å²) in [6.07, 6.45) is 0.268. The van der Waals surface area contributed by atoms with Crippen LogP contribution in [-0.2, 0) is 4.79 Å². The molecule has 0 aliphatic rings. The highest BCUT2D eigenvalue weighted by molar-refractivity contribution is 5.84. The van der Waals surface area contributed by atoms with Crippen molar-refractivity contribution in [3.63, 3.8) is 0 Å². The Hall–Kier alpha value is -2.81. The van der Waals surface area contributed by atoms with Gasteiger partial charge in [-0.2, -0.15) is 0 Å². The number of hydrogen-bond donors (Lipinski definition) is 1. The molecule has 2 atom stereocenters. The fourth-order valence-corrected chi connectivity index (χ4v) is 3.40. The summed E-state index contributed by atoms with van der Waals surface area (Å²) in [5.74, 6) is 0.603. The van der Waals surface area contributed by atoms with Gasteiger partial charge in [0.15, 0.2) is 6.10 Å². The summed E-state index contributed by atoms with van der Waals surface area (Å²) in [6.45, 7) is 8.04. The van der Waals surface area contributed by atoms with Crippen LogP contribution in [-0.4, -0.2) is 12.0 Å². The SMILES string of the molecule is CCC(NC(=O)C(C)Oc1ccc2ccccc2c1)c1ccc(C)cc1C. The molecule has 0 spiro atoms. The average molecular weight is 361 g/mol. The minimum absolute atomic E-state index is 0.0132. The smallest absolute Gasteiger partial charge is 0.261 e. The molecule has 0 aliphatic carbocycles. The summed E-state index contributed by atoms with van der Waals surface area (Å²) in [7, 11) is 0. The maximum absolute atomic E-state index is 12.7. The van der Waals surface area contributed by atoms with Gasteiger partial charge in [0.25, 0.3) is 5.91 Å². The summed E-state index contributed by atoms with van der Waals surface area (Å²) in [6, 6.07) is 20.3. The lowest BCUT2D eigenvalue weighted by Crippen LogP contribution is -2.38. The third-order valence-corrected chi connectivity index (χ3v) is 4.93. The zero-order valence-electron chi connectivity index (χ0n) is 16.5. The van der Waals surface area contributed by atoms with Crippen LogP contribution in [0.1, 0.15) is 43.0 Å². The first-order valence-corrected chi connectivity index (χ1v) is 9.51. The number of amides is 1. The van der Waals surface area contributed by atoms with E-state index in [1.54, 1.807) is 6.92 Å². The van der Waals surface area contributed by atoms with E-state index >= 15 is 0 Å². The van der Waals surface area contributed by atoms with Crippen LogP contribution in [0.2, 0.25) is 0 Å². The zero-order valence-corrected chi connectivity index (χ0v) is 16.5. The number of ether oxygens (including phenoxy) is 1. The summed E-state index contributed by atoms with van der Waals surface area (Å²) >= 11 is 0. The second-order valence-corrected chi connectivity index (χ2v) is 7.10. The van der Waals surface area contributed by atoms with Crippen LogP contribution in [0, 0.1) is 13.8 Å². The van der Waals surface area contributed by atoms with E-state index in [1.807, 2.05) is 36.4 Å². The number of hydrogen-bond acceptors (Lipinski definition) is 2. The third-order valence-electron chi connectivity index (χ3n) is 4.93. The van der Waals surface area contributed by atoms with Crippen molar-refractivity contribution in [2.75, 3.05) is 0 Å². The van der Waals surface area contributed by atoms with Crippen molar-refractivity contribution >= 4 is 16.7 Å². The van der Waals surface area contributed by atoms with Crippen LogP contribution in [0.15, 0.2) is 60.7 Å². The van der Waals surface area contributed by atoms with Gasteiger partial charge in [-0.1, -0.05) is 61.0 Å². The number of fused-ring (bicyclic) bond motifs is 1. The van der Waals surface area contributed by atoms with Gasteiger partial charge in [-0.15, -0.1) is 0 Å². The molecule has 3 rings (SSSR count). The lowest BCUT2D eigenvalue weighted by molar-refractivity contribution is -0.128. The van der Waals surface area contributed by atoms with E-state index in [0.717, 1.165) is 22.8 Å². The van der Waals surface area contributed by atoms with Crippen LogP contribution < -0.4 is 10.1 Å². The summed E-state index contributed by atoms with van der Waals surface area (Å²) in [5.41, 5.74) is 3.59. The van der Waals surface area contributed by atoms with Crippen LogP contribution in [0.3, 0.4) is 0 Å². The van der Waals surface area contributed by atoms with E-state index in [4.69, 9.17) is 4.74 Å². The second-order valence-electron chi connectivity index (χ2n) is 7.10. The van der Waals surface area contributed by atoms with E-state index in [9.17, 15) is 4.79 Å². The molecule has 0 radical (unpaired) electrons. The molecule has 140 valence electrons. The van der Waals surface area contributed by atoms with Gasteiger partial charge >= 0.3 is 0 Å². The molecule has 3 aromatic carbocycles. The van der Waals surface area contributed by atoms with Gasteiger partial charge < -0.3 is 10.1 Å². The van der Waals surface area contributed by atoms with E-state index in [-0.39, 0.29) is 11.9 Å².